The van der Waals surface area contributed by atoms with Crippen LogP contribution in [0.15, 0.2) is 35.0 Å². The van der Waals surface area contributed by atoms with E-state index >= 15 is 0 Å². The molecule has 0 unspecified atom stereocenters. The molecule has 1 aliphatic carbocycles. The molecule has 1 aromatic rings. The Morgan fingerprint density at radius 2 is 2.11 bits per heavy atom. The number of rotatable bonds is 5. The Morgan fingerprint density at radius 3 is 2.79 bits per heavy atom. The van der Waals surface area contributed by atoms with E-state index < -0.39 is 0 Å². The van der Waals surface area contributed by atoms with Gasteiger partial charge in [0.25, 0.3) is 0 Å². The maximum Gasteiger partial charge on any atom is 0.123 e. The summed E-state index contributed by atoms with van der Waals surface area (Å²) in [5.74, 6) is -0.248. The van der Waals surface area contributed by atoms with Crippen LogP contribution in [0, 0.1) is 5.82 Å². The van der Waals surface area contributed by atoms with Crippen LogP contribution >= 0.6 is 0 Å². The maximum absolute atomic E-state index is 13.4. The van der Waals surface area contributed by atoms with Crippen molar-refractivity contribution in [2.24, 2.45) is 5.16 Å². The van der Waals surface area contributed by atoms with Gasteiger partial charge in [-0.1, -0.05) is 42.6 Å². The lowest BCUT2D eigenvalue weighted by Gasteiger charge is -2.08. The van der Waals surface area contributed by atoms with E-state index in [9.17, 15) is 4.39 Å². The zero-order chi connectivity index (χ0) is 13.7. The average molecular weight is 261 g/mol. The monoisotopic (exact) mass is 261 g/mol. The Hall–Kier alpha value is -1.64. The Kier molecular flexibility index (Phi) is 4.72. The van der Waals surface area contributed by atoms with Crippen molar-refractivity contribution in [3.8, 4) is 0 Å². The van der Waals surface area contributed by atoms with Crippen molar-refractivity contribution in [3.63, 3.8) is 0 Å². The van der Waals surface area contributed by atoms with Crippen LogP contribution < -0.4 is 0 Å². The normalized spacial score (nSPS) is 17.5. The first-order valence-corrected chi connectivity index (χ1v) is 6.95. The first-order valence-electron chi connectivity index (χ1n) is 6.95. The molecule has 1 aliphatic rings. The number of allylic oxidation sites excluding steroid dienone is 2. The van der Waals surface area contributed by atoms with Crippen LogP contribution in [-0.4, -0.2) is 10.9 Å². The highest BCUT2D eigenvalue weighted by Crippen LogP contribution is 2.35. The molecule has 0 aromatic heterocycles. The van der Waals surface area contributed by atoms with Gasteiger partial charge in [-0.3, -0.25) is 0 Å². The topological polar surface area (TPSA) is 32.6 Å². The second kappa shape index (κ2) is 6.50. The molecule has 19 heavy (non-hydrogen) atoms. The molecule has 0 bridgehead atoms. The summed E-state index contributed by atoms with van der Waals surface area (Å²) < 4.78 is 13.4. The first-order chi connectivity index (χ1) is 9.26. The quantitative estimate of drug-likeness (QED) is 0.461. The van der Waals surface area contributed by atoms with Crippen molar-refractivity contribution in [3.05, 3.63) is 41.2 Å². The summed E-state index contributed by atoms with van der Waals surface area (Å²) in [6.07, 6.45) is 6.22. The molecule has 1 N–H and O–H groups in total. The predicted molar refractivity (Wildman–Crippen MR) is 75.9 cm³/mol. The molecule has 0 radical (unpaired) electrons. The SMILES string of the molecule is CCCCCC1=C(c2cccc(F)c2)C(=NO)CC1. The zero-order valence-electron chi connectivity index (χ0n) is 11.3. The molecule has 0 aliphatic heterocycles. The molecule has 2 nitrogen and oxygen atoms in total. The van der Waals surface area contributed by atoms with E-state index in [0.717, 1.165) is 36.8 Å². The number of hydrogen-bond donors (Lipinski definition) is 1. The molecule has 0 saturated heterocycles. The summed E-state index contributed by atoms with van der Waals surface area (Å²) in [6, 6.07) is 6.54. The van der Waals surface area contributed by atoms with Gasteiger partial charge < -0.3 is 5.21 Å². The fraction of sp³-hybridized carbons (Fsp3) is 0.438. The van der Waals surface area contributed by atoms with Gasteiger partial charge in [0, 0.05) is 5.57 Å². The molecule has 0 saturated carbocycles. The third-order valence-corrected chi connectivity index (χ3v) is 3.62. The summed E-state index contributed by atoms with van der Waals surface area (Å²) in [6.45, 7) is 2.18. The van der Waals surface area contributed by atoms with Crippen molar-refractivity contribution in [1.82, 2.24) is 0 Å². The second-order valence-electron chi connectivity index (χ2n) is 4.99. The smallest absolute Gasteiger partial charge is 0.123 e. The Bertz CT molecular complexity index is 505. The van der Waals surface area contributed by atoms with Gasteiger partial charge in [0.2, 0.25) is 0 Å². The summed E-state index contributed by atoms with van der Waals surface area (Å²) in [5.41, 5.74) is 3.78. The number of benzene rings is 1. The Balaban J connectivity index is 2.31. The van der Waals surface area contributed by atoms with Crippen LogP contribution in [0.25, 0.3) is 5.57 Å². The van der Waals surface area contributed by atoms with Gasteiger partial charge in [0.15, 0.2) is 0 Å². The molecule has 0 heterocycles. The van der Waals surface area contributed by atoms with Crippen molar-refractivity contribution in [1.29, 1.82) is 0 Å². The van der Waals surface area contributed by atoms with Crippen molar-refractivity contribution in [2.75, 3.05) is 0 Å². The van der Waals surface area contributed by atoms with Crippen LogP contribution in [0.1, 0.15) is 51.0 Å². The predicted octanol–water partition coefficient (Wildman–Crippen LogP) is 4.78. The summed E-state index contributed by atoms with van der Waals surface area (Å²) in [7, 11) is 0. The highest BCUT2D eigenvalue weighted by molar-refractivity contribution is 6.26. The molecule has 0 fully saturated rings. The lowest BCUT2D eigenvalue weighted by molar-refractivity contribution is 0.319. The van der Waals surface area contributed by atoms with Crippen molar-refractivity contribution < 1.29 is 9.60 Å². The van der Waals surface area contributed by atoms with Crippen LogP contribution in [0.3, 0.4) is 0 Å². The third kappa shape index (κ3) is 3.22. The molecule has 102 valence electrons. The van der Waals surface area contributed by atoms with Gasteiger partial charge in [-0.2, -0.15) is 0 Å². The minimum atomic E-state index is -0.248. The first kappa shape index (κ1) is 13.8. The molecular weight excluding hydrogens is 241 g/mol. The number of halogens is 1. The van der Waals surface area contributed by atoms with E-state index in [-0.39, 0.29) is 5.82 Å². The molecule has 2 rings (SSSR count). The Morgan fingerprint density at radius 1 is 1.26 bits per heavy atom. The molecule has 0 atom stereocenters. The molecular formula is C16H20FNO. The van der Waals surface area contributed by atoms with E-state index in [0.29, 0.717) is 5.71 Å². The highest BCUT2D eigenvalue weighted by Gasteiger charge is 2.22. The molecule has 3 heteroatoms. The standard InChI is InChI=1S/C16H20FNO/c1-2-3-4-6-12-9-10-15(18-19)16(12)13-7-5-8-14(17)11-13/h5,7-8,11,19H,2-4,6,9-10H2,1H3. The summed E-state index contributed by atoms with van der Waals surface area (Å²) in [5, 5.41) is 12.5. The minimum absolute atomic E-state index is 0.248. The Labute approximate surface area is 113 Å². The maximum atomic E-state index is 13.4. The fourth-order valence-corrected chi connectivity index (χ4v) is 2.68. The minimum Gasteiger partial charge on any atom is -0.411 e. The van der Waals surface area contributed by atoms with Gasteiger partial charge >= 0.3 is 0 Å². The van der Waals surface area contributed by atoms with Crippen LogP contribution in [0.5, 0.6) is 0 Å². The van der Waals surface area contributed by atoms with Crippen LogP contribution in [-0.2, 0) is 0 Å². The van der Waals surface area contributed by atoms with E-state index in [1.165, 1.54) is 30.5 Å². The van der Waals surface area contributed by atoms with E-state index in [1.54, 1.807) is 6.07 Å². The van der Waals surface area contributed by atoms with Crippen LogP contribution in [0.4, 0.5) is 4.39 Å². The number of oxime groups is 1. The largest absolute Gasteiger partial charge is 0.411 e. The van der Waals surface area contributed by atoms with Crippen molar-refractivity contribution >= 4 is 11.3 Å². The van der Waals surface area contributed by atoms with E-state index in [1.807, 2.05) is 6.07 Å². The van der Waals surface area contributed by atoms with E-state index in [4.69, 9.17) is 5.21 Å². The van der Waals surface area contributed by atoms with Gasteiger partial charge in [-0.15, -0.1) is 0 Å². The van der Waals surface area contributed by atoms with Gasteiger partial charge in [-0.05, 0) is 43.4 Å². The van der Waals surface area contributed by atoms with E-state index in [2.05, 4.69) is 12.1 Å². The zero-order valence-corrected chi connectivity index (χ0v) is 11.3. The lowest BCUT2D eigenvalue weighted by atomic mass is 9.97. The summed E-state index contributed by atoms with van der Waals surface area (Å²) in [4.78, 5) is 0. The fourth-order valence-electron chi connectivity index (χ4n) is 2.68. The van der Waals surface area contributed by atoms with Crippen molar-refractivity contribution in [2.45, 2.75) is 45.4 Å². The molecule has 0 amide bonds. The molecule has 0 spiro atoms. The lowest BCUT2D eigenvalue weighted by Crippen LogP contribution is -1.98. The highest BCUT2D eigenvalue weighted by atomic mass is 19.1. The van der Waals surface area contributed by atoms with Crippen LogP contribution in [0.2, 0.25) is 0 Å². The summed E-state index contributed by atoms with van der Waals surface area (Å²) >= 11 is 0. The third-order valence-electron chi connectivity index (χ3n) is 3.62. The number of hydrogen-bond acceptors (Lipinski definition) is 2. The average Bonchev–Trinajstić information content (AvgIpc) is 2.82. The van der Waals surface area contributed by atoms with Gasteiger partial charge in [0.05, 0.1) is 5.71 Å². The van der Waals surface area contributed by atoms with Gasteiger partial charge in [0.1, 0.15) is 5.82 Å². The molecule has 1 aromatic carbocycles. The number of unbranched alkanes of at least 4 members (excludes halogenated alkanes) is 2. The van der Waals surface area contributed by atoms with Gasteiger partial charge in [-0.25, -0.2) is 4.39 Å². The number of nitrogens with zero attached hydrogens (tertiary/aromatic N) is 1. The second-order valence-corrected chi connectivity index (χ2v) is 4.99.